The van der Waals surface area contributed by atoms with Crippen molar-refractivity contribution in [3.05, 3.63) is 58.1 Å². The molecule has 0 radical (unpaired) electrons. The summed E-state index contributed by atoms with van der Waals surface area (Å²) in [6.45, 7) is 1.38. The molecule has 0 unspecified atom stereocenters. The van der Waals surface area contributed by atoms with Gasteiger partial charge in [-0.3, -0.25) is 29.9 Å². The summed E-state index contributed by atoms with van der Waals surface area (Å²) in [5.41, 5.74) is 2.48. The highest BCUT2D eigenvalue weighted by Crippen LogP contribution is 2.29. The molecule has 1 heterocycles. The van der Waals surface area contributed by atoms with Gasteiger partial charge in [-0.25, -0.2) is 9.80 Å². The highest BCUT2D eigenvalue weighted by Gasteiger charge is 2.24. The molecule has 2 aromatic carbocycles. The van der Waals surface area contributed by atoms with Gasteiger partial charge in [-0.1, -0.05) is 0 Å². The highest BCUT2D eigenvalue weighted by molar-refractivity contribution is 6.01. The van der Waals surface area contributed by atoms with Crippen LogP contribution in [0.3, 0.4) is 0 Å². The third kappa shape index (κ3) is 5.81. The lowest BCUT2D eigenvalue weighted by Gasteiger charge is -2.27. The topological polar surface area (TPSA) is 157 Å². The number of nitrogens with one attached hydrogen (secondary N) is 2. The average Bonchev–Trinajstić information content (AvgIpc) is 2.80. The van der Waals surface area contributed by atoms with E-state index in [1.165, 1.54) is 42.5 Å². The van der Waals surface area contributed by atoms with Gasteiger partial charge in [0.1, 0.15) is 11.4 Å². The Labute approximate surface area is 187 Å². The molecule has 0 atom stereocenters. The van der Waals surface area contributed by atoms with E-state index in [9.17, 15) is 29.3 Å². The maximum atomic E-state index is 12.2. The van der Waals surface area contributed by atoms with E-state index in [0.717, 1.165) is 5.01 Å². The summed E-state index contributed by atoms with van der Waals surface area (Å²) in [5.74, 6) is -1.88. The van der Waals surface area contributed by atoms with E-state index in [2.05, 4.69) is 10.7 Å². The van der Waals surface area contributed by atoms with Crippen molar-refractivity contribution in [1.82, 2.24) is 5.43 Å². The minimum absolute atomic E-state index is 0.0675. The van der Waals surface area contributed by atoms with Gasteiger partial charge in [0.15, 0.2) is 6.61 Å². The number of hydrogen-bond acceptors (Lipinski definition) is 8. The highest BCUT2D eigenvalue weighted by atomic mass is 16.6. The zero-order chi connectivity index (χ0) is 24.0. The minimum Gasteiger partial charge on any atom is -0.494 e. The first-order valence-electron chi connectivity index (χ1n) is 9.89. The van der Waals surface area contributed by atoms with Crippen LogP contribution < -0.4 is 20.5 Å². The molecule has 3 rings (SSSR count). The summed E-state index contributed by atoms with van der Waals surface area (Å²) in [5, 5.41) is 14.7. The van der Waals surface area contributed by atoms with Crippen molar-refractivity contribution in [1.29, 1.82) is 0 Å². The van der Waals surface area contributed by atoms with Crippen molar-refractivity contribution in [2.75, 3.05) is 23.5 Å². The second-order valence-corrected chi connectivity index (χ2v) is 6.80. The predicted molar refractivity (Wildman–Crippen MR) is 114 cm³/mol. The normalized spacial score (nSPS) is 13.2. The number of rotatable bonds is 8. The van der Waals surface area contributed by atoms with Crippen molar-refractivity contribution in [3.8, 4) is 5.75 Å². The first-order valence-corrected chi connectivity index (χ1v) is 9.89. The van der Waals surface area contributed by atoms with E-state index >= 15 is 0 Å². The van der Waals surface area contributed by atoms with Gasteiger partial charge in [0.05, 0.1) is 28.8 Å². The number of benzene rings is 2. The van der Waals surface area contributed by atoms with Gasteiger partial charge in [-0.2, -0.15) is 0 Å². The van der Waals surface area contributed by atoms with Crippen LogP contribution in [0.15, 0.2) is 42.5 Å². The van der Waals surface area contributed by atoms with Crippen molar-refractivity contribution >= 4 is 40.8 Å². The van der Waals surface area contributed by atoms with E-state index < -0.39 is 23.4 Å². The van der Waals surface area contributed by atoms with Crippen LogP contribution in [0.2, 0.25) is 0 Å². The number of anilines is 2. The molecule has 1 saturated heterocycles. The standard InChI is InChI=1S/C21H20N4O8/c1-2-32-15-7-8-16(17(11-15)25(30)31)22-19(27)12-33-21(29)13-3-5-14(6-4-13)24-20(28)10-9-18(26)23-24/h3-8,11H,2,9-10,12H2,1H3,(H,22,27)(H,23,26). The fourth-order valence-electron chi connectivity index (χ4n) is 2.96. The lowest BCUT2D eigenvalue weighted by molar-refractivity contribution is -0.384. The van der Waals surface area contributed by atoms with Crippen LogP contribution in [0.4, 0.5) is 17.1 Å². The number of hydrogen-bond donors (Lipinski definition) is 2. The smallest absolute Gasteiger partial charge is 0.338 e. The van der Waals surface area contributed by atoms with E-state index in [1.807, 2.05) is 0 Å². The summed E-state index contributed by atoms with van der Waals surface area (Å²) in [6, 6.07) is 9.62. The molecule has 172 valence electrons. The van der Waals surface area contributed by atoms with Crippen LogP contribution in [-0.4, -0.2) is 41.8 Å². The largest absolute Gasteiger partial charge is 0.494 e. The molecule has 1 fully saturated rings. The fourth-order valence-corrected chi connectivity index (χ4v) is 2.96. The zero-order valence-electron chi connectivity index (χ0n) is 17.5. The third-order valence-electron chi connectivity index (χ3n) is 4.50. The molecular weight excluding hydrogens is 436 g/mol. The molecule has 2 aromatic rings. The second-order valence-electron chi connectivity index (χ2n) is 6.80. The Morgan fingerprint density at radius 3 is 2.55 bits per heavy atom. The fraction of sp³-hybridized carbons (Fsp3) is 0.238. The average molecular weight is 456 g/mol. The van der Waals surface area contributed by atoms with E-state index in [-0.39, 0.29) is 47.3 Å². The summed E-state index contributed by atoms with van der Waals surface area (Å²) >= 11 is 0. The Kier molecular flexibility index (Phi) is 7.18. The van der Waals surface area contributed by atoms with Crippen molar-refractivity contribution in [2.24, 2.45) is 0 Å². The molecule has 33 heavy (non-hydrogen) atoms. The van der Waals surface area contributed by atoms with Crippen LogP contribution in [0, 0.1) is 10.1 Å². The first-order chi connectivity index (χ1) is 15.8. The van der Waals surface area contributed by atoms with E-state index in [4.69, 9.17) is 9.47 Å². The molecule has 1 aliphatic rings. The first kappa shape index (κ1) is 23.2. The Balaban J connectivity index is 1.58. The summed E-state index contributed by atoms with van der Waals surface area (Å²) in [7, 11) is 0. The van der Waals surface area contributed by atoms with Gasteiger partial charge in [0.25, 0.3) is 11.6 Å². The third-order valence-corrected chi connectivity index (χ3v) is 4.50. The SMILES string of the molecule is CCOc1ccc(NC(=O)COC(=O)c2ccc(N3NC(=O)CCC3=O)cc2)c([N+](=O)[O-])c1. The number of carbonyl (C=O) groups is 4. The monoisotopic (exact) mass is 456 g/mol. The number of nitrogens with zero attached hydrogens (tertiary/aromatic N) is 2. The van der Waals surface area contributed by atoms with Gasteiger partial charge < -0.3 is 14.8 Å². The summed E-state index contributed by atoms with van der Waals surface area (Å²) in [4.78, 5) is 58.4. The van der Waals surface area contributed by atoms with Gasteiger partial charge in [-0.05, 0) is 43.3 Å². The van der Waals surface area contributed by atoms with Crippen molar-refractivity contribution < 1.29 is 33.6 Å². The van der Waals surface area contributed by atoms with E-state index in [0.29, 0.717) is 12.3 Å². The summed E-state index contributed by atoms with van der Waals surface area (Å²) in [6.07, 6.45) is 0.193. The molecular formula is C21H20N4O8. The number of carbonyl (C=O) groups excluding carboxylic acids is 4. The second kappa shape index (κ2) is 10.2. The molecule has 12 heteroatoms. The Hall–Kier alpha value is -4.48. The molecule has 0 saturated carbocycles. The molecule has 0 aliphatic carbocycles. The number of nitro groups is 1. The lowest BCUT2D eigenvalue weighted by atomic mass is 10.2. The maximum Gasteiger partial charge on any atom is 0.338 e. The van der Waals surface area contributed by atoms with Crippen LogP contribution >= 0.6 is 0 Å². The van der Waals surface area contributed by atoms with Crippen LogP contribution in [-0.2, 0) is 19.1 Å². The van der Waals surface area contributed by atoms with Crippen molar-refractivity contribution in [2.45, 2.75) is 19.8 Å². The Morgan fingerprint density at radius 2 is 1.88 bits per heavy atom. The molecule has 3 amide bonds. The molecule has 1 aliphatic heterocycles. The number of esters is 1. The van der Waals surface area contributed by atoms with Gasteiger partial charge >= 0.3 is 5.97 Å². The van der Waals surface area contributed by atoms with E-state index in [1.54, 1.807) is 6.92 Å². The Morgan fingerprint density at radius 1 is 1.15 bits per heavy atom. The van der Waals surface area contributed by atoms with Crippen LogP contribution in [0.1, 0.15) is 30.1 Å². The lowest BCUT2D eigenvalue weighted by Crippen LogP contribution is -2.50. The van der Waals surface area contributed by atoms with Crippen molar-refractivity contribution in [3.63, 3.8) is 0 Å². The van der Waals surface area contributed by atoms with Gasteiger partial charge in [0, 0.05) is 12.8 Å². The number of amides is 3. The number of ether oxygens (including phenoxy) is 2. The molecule has 12 nitrogen and oxygen atoms in total. The summed E-state index contributed by atoms with van der Waals surface area (Å²) < 4.78 is 10.2. The minimum atomic E-state index is -0.813. The molecule has 0 spiro atoms. The predicted octanol–water partition coefficient (Wildman–Crippen LogP) is 1.95. The number of nitro benzene ring substituents is 1. The molecule has 0 bridgehead atoms. The quantitative estimate of drug-likeness (QED) is 0.347. The molecule has 2 N–H and O–H groups in total. The van der Waals surface area contributed by atoms with Crippen LogP contribution in [0.5, 0.6) is 5.75 Å². The van der Waals surface area contributed by atoms with Gasteiger partial charge in [0.2, 0.25) is 11.8 Å². The number of hydrazine groups is 1. The zero-order valence-corrected chi connectivity index (χ0v) is 17.5. The van der Waals surface area contributed by atoms with Crippen LogP contribution in [0.25, 0.3) is 0 Å². The Bertz CT molecular complexity index is 1100. The maximum absolute atomic E-state index is 12.2. The molecule has 0 aromatic heterocycles. The van der Waals surface area contributed by atoms with Gasteiger partial charge in [-0.15, -0.1) is 0 Å².